The van der Waals surface area contributed by atoms with Crippen LogP contribution in [-0.4, -0.2) is 35.2 Å². The zero-order valence-electron chi connectivity index (χ0n) is 16.2. The smallest absolute Gasteiger partial charge is 0.475 e. The maximum Gasteiger partial charge on any atom is 0.490 e. The van der Waals surface area contributed by atoms with Gasteiger partial charge in [-0.25, -0.2) is 4.79 Å². The fourth-order valence-electron chi connectivity index (χ4n) is 3.31. The number of aliphatic carboxylic acids is 1. The van der Waals surface area contributed by atoms with Crippen LogP contribution in [0.5, 0.6) is 0 Å². The van der Waals surface area contributed by atoms with Crippen molar-refractivity contribution in [3.63, 3.8) is 0 Å². The van der Waals surface area contributed by atoms with Gasteiger partial charge >= 0.3 is 12.1 Å². The van der Waals surface area contributed by atoms with Crippen LogP contribution in [0.25, 0.3) is 5.57 Å². The molecule has 0 fully saturated rings. The van der Waals surface area contributed by atoms with Gasteiger partial charge in [0.25, 0.3) is 0 Å². The fraction of sp³-hybridized carbons (Fsp3) is 0.318. The van der Waals surface area contributed by atoms with Gasteiger partial charge in [-0.2, -0.15) is 13.2 Å². The largest absolute Gasteiger partial charge is 0.490 e. The van der Waals surface area contributed by atoms with Crippen LogP contribution < -0.4 is 0 Å². The zero-order chi connectivity index (χ0) is 21.7. The Kier molecular flexibility index (Phi) is 7.66. The van der Waals surface area contributed by atoms with Gasteiger partial charge in [0, 0.05) is 29.5 Å². The predicted molar refractivity (Wildman–Crippen MR) is 111 cm³/mol. The van der Waals surface area contributed by atoms with Gasteiger partial charge in [0.2, 0.25) is 0 Å². The fourth-order valence-corrected chi connectivity index (χ4v) is 3.57. The molecular weight excluding hydrogens is 447 g/mol. The molecular formula is C22H23BrF3NO2. The molecule has 1 N–H and O–H groups in total. The Bertz CT molecular complexity index is 847. The summed E-state index contributed by atoms with van der Waals surface area (Å²) in [6, 6.07) is 19.4. The third-order valence-electron chi connectivity index (χ3n) is 4.55. The highest BCUT2D eigenvalue weighted by Crippen LogP contribution is 2.38. The van der Waals surface area contributed by atoms with Crippen LogP contribution in [0.4, 0.5) is 13.2 Å². The lowest BCUT2D eigenvalue weighted by Gasteiger charge is -2.39. The first-order valence-corrected chi connectivity index (χ1v) is 9.81. The standard InChI is InChI=1S/C20H22BrN.C2HF3O2/c1-20(2)15-22(14-16-6-4-3-5-7-16)13-12-19(20)17-8-10-18(21)11-9-17;3-2(4,5)1(6)7/h3-12H,13-15H2,1-2H3;(H,6,7). The van der Waals surface area contributed by atoms with Gasteiger partial charge in [0.05, 0.1) is 0 Å². The van der Waals surface area contributed by atoms with Gasteiger partial charge in [-0.3, -0.25) is 4.90 Å². The number of halogens is 4. The van der Waals surface area contributed by atoms with Crippen LogP contribution in [-0.2, 0) is 11.3 Å². The summed E-state index contributed by atoms with van der Waals surface area (Å²) in [6.07, 6.45) is -2.68. The van der Waals surface area contributed by atoms with E-state index < -0.39 is 12.1 Å². The molecule has 3 nitrogen and oxygen atoms in total. The highest BCUT2D eigenvalue weighted by atomic mass is 79.9. The molecule has 0 radical (unpaired) electrons. The molecule has 0 saturated heterocycles. The zero-order valence-corrected chi connectivity index (χ0v) is 17.8. The molecule has 0 amide bonds. The molecule has 1 heterocycles. The highest BCUT2D eigenvalue weighted by Gasteiger charge is 2.38. The van der Waals surface area contributed by atoms with Crippen LogP contribution in [0.1, 0.15) is 25.0 Å². The van der Waals surface area contributed by atoms with Crippen molar-refractivity contribution >= 4 is 27.5 Å². The van der Waals surface area contributed by atoms with E-state index in [4.69, 9.17) is 9.90 Å². The summed E-state index contributed by atoms with van der Waals surface area (Å²) in [6.45, 7) is 7.82. The number of benzene rings is 2. The van der Waals surface area contributed by atoms with Crippen molar-refractivity contribution < 1.29 is 23.1 Å². The molecule has 0 unspecified atom stereocenters. The predicted octanol–water partition coefficient (Wildman–Crippen LogP) is 6.01. The average Bonchev–Trinajstić information content (AvgIpc) is 2.63. The lowest BCUT2D eigenvalue weighted by molar-refractivity contribution is -0.192. The number of carboxylic acids is 1. The number of alkyl halides is 3. The van der Waals surface area contributed by atoms with Gasteiger partial charge in [0.15, 0.2) is 0 Å². The summed E-state index contributed by atoms with van der Waals surface area (Å²) in [7, 11) is 0. The van der Waals surface area contributed by atoms with E-state index in [1.54, 1.807) is 0 Å². The highest BCUT2D eigenvalue weighted by molar-refractivity contribution is 9.10. The molecule has 1 aliphatic rings. The third kappa shape index (κ3) is 7.01. The van der Waals surface area contributed by atoms with Gasteiger partial charge < -0.3 is 5.11 Å². The Hall–Kier alpha value is -2.12. The minimum absolute atomic E-state index is 0.168. The first kappa shape index (κ1) is 23.2. The first-order valence-electron chi connectivity index (χ1n) is 9.02. The third-order valence-corrected chi connectivity index (χ3v) is 5.08. The van der Waals surface area contributed by atoms with E-state index in [1.807, 2.05) is 0 Å². The molecule has 156 valence electrons. The summed E-state index contributed by atoms with van der Waals surface area (Å²) in [5.41, 5.74) is 4.36. The number of carbonyl (C=O) groups is 1. The molecule has 0 bridgehead atoms. The van der Waals surface area contributed by atoms with Crippen LogP contribution in [0.3, 0.4) is 0 Å². The van der Waals surface area contributed by atoms with Crippen molar-refractivity contribution in [3.8, 4) is 0 Å². The average molecular weight is 470 g/mol. The van der Waals surface area contributed by atoms with Crippen LogP contribution >= 0.6 is 15.9 Å². The summed E-state index contributed by atoms with van der Waals surface area (Å²) < 4.78 is 32.9. The van der Waals surface area contributed by atoms with Crippen LogP contribution in [0, 0.1) is 5.41 Å². The van der Waals surface area contributed by atoms with Gasteiger partial charge in [-0.15, -0.1) is 0 Å². The molecule has 1 aliphatic heterocycles. The molecule has 0 spiro atoms. The molecule has 29 heavy (non-hydrogen) atoms. The van der Waals surface area contributed by atoms with E-state index in [2.05, 4.69) is 95.4 Å². The molecule has 0 aliphatic carbocycles. The van der Waals surface area contributed by atoms with Crippen LogP contribution in [0.15, 0.2) is 65.1 Å². The number of hydrogen-bond donors (Lipinski definition) is 1. The van der Waals surface area contributed by atoms with E-state index in [0.717, 1.165) is 24.1 Å². The Morgan fingerprint density at radius 3 is 2.14 bits per heavy atom. The lowest BCUT2D eigenvalue weighted by Crippen LogP contribution is -2.38. The number of rotatable bonds is 3. The maximum absolute atomic E-state index is 10.6. The Balaban J connectivity index is 0.000000370. The Morgan fingerprint density at radius 1 is 1.10 bits per heavy atom. The first-order chi connectivity index (χ1) is 13.5. The van der Waals surface area contributed by atoms with Crippen molar-refractivity contribution in [2.75, 3.05) is 13.1 Å². The van der Waals surface area contributed by atoms with Gasteiger partial charge in [-0.05, 0) is 28.8 Å². The van der Waals surface area contributed by atoms with Crippen LogP contribution in [0.2, 0.25) is 0 Å². The Labute approximate surface area is 177 Å². The molecule has 0 aromatic heterocycles. The van der Waals surface area contributed by atoms with Crippen molar-refractivity contribution in [1.29, 1.82) is 0 Å². The van der Waals surface area contributed by atoms with Gasteiger partial charge in [-0.1, -0.05) is 78.3 Å². The van der Waals surface area contributed by atoms with E-state index in [9.17, 15) is 13.2 Å². The normalized spacial score (nSPS) is 16.4. The molecule has 7 heteroatoms. The molecule has 0 atom stereocenters. The lowest BCUT2D eigenvalue weighted by atomic mass is 9.77. The Morgan fingerprint density at radius 2 is 1.66 bits per heavy atom. The van der Waals surface area contributed by atoms with Crippen molar-refractivity contribution in [2.45, 2.75) is 26.6 Å². The van der Waals surface area contributed by atoms with E-state index >= 15 is 0 Å². The number of nitrogens with zero attached hydrogens (tertiary/aromatic N) is 1. The monoisotopic (exact) mass is 469 g/mol. The summed E-state index contributed by atoms with van der Waals surface area (Å²) in [5.74, 6) is -2.76. The van der Waals surface area contributed by atoms with Gasteiger partial charge in [0.1, 0.15) is 0 Å². The number of carboxylic acid groups (broad SMARTS) is 1. The maximum atomic E-state index is 10.6. The molecule has 0 saturated carbocycles. The topological polar surface area (TPSA) is 40.5 Å². The van der Waals surface area contributed by atoms with Crippen molar-refractivity contribution in [1.82, 2.24) is 4.90 Å². The van der Waals surface area contributed by atoms with Crippen molar-refractivity contribution in [3.05, 3.63) is 76.3 Å². The second kappa shape index (κ2) is 9.59. The second-order valence-corrected chi connectivity index (χ2v) is 8.38. The summed E-state index contributed by atoms with van der Waals surface area (Å²) in [5, 5.41) is 7.12. The summed E-state index contributed by atoms with van der Waals surface area (Å²) in [4.78, 5) is 11.4. The molecule has 3 rings (SSSR count). The summed E-state index contributed by atoms with van der Waals surface area (Å²) >= 11 is 3.52. The molecule has 2 aromatic rings. The van der Waals surface area contributed by atoms with E-state index in [0.29, 0.717) is 0 Å². The van der Waals surface area contributed by atoms with E-state index in [-0.39, 0.29) is 5.41 Å². The van der Waals surface area contributed by atoms with E-state index in [1.165, 1.54) is 16.7 Å². The minimum Gasteiger partial charge on any atom is -0.475 e. The quantitative estimate of drug-likeness (QED) is 0.598. The number of hydrogen-bond acceptors (Lipinski definition) is 2. The van der Waals surface area contributed by atoms with Crippen molar-refractivity contribution in [2.24, 2.45) is 5.41 Å². The second-order valence-electron chi connectivity index (χ2n) is 7.47. The SMILES string of the molecule is CC1(C)CN(Cc2ccccc2)CC=C1c1ccc(Br)cc1.O=C(O)C(F)(F)F. The molecule has 2 aromatic carbocycles. The minimum atomic E-state index is -5.08.